The van der Waals surface area contributed by atoms with Crippen molar-refractivity contribution in [1.29, 1.82) is 0 Å². The van der Waals surface area contributed by atoms with Gasteiger partial charge in [0.05, 0.1) is 0 Å². The van der Waals surface area contributed by atoms with Gasteiger partial charge in [-0.2, -0.15) is 0 Å². The minimum Gasteiger partial charge on any atom is -0.314 e. The number of likely N-dealkylation sites (N-methyl/N-ethyl adjacent to an activating group) is 1. The van der Waals surface area contributed by atoms with Crippen molar-refractivity contribution < 1.29 is 4.39 Å². The van der Waals surface area contributed by atoms with Crippen molar-refractivity contribution >= 4 is 0 Å². The summed E-state index contributed by atoms with van der Waals surface area (Å²) < 4.78 is 13.9. The lowest BCUT2D eigenvalue weighted by atomic mass is 9.93. The molecule has 0 fully saturated rings. The van der Waals surface area contributed by atoms with Gasteiger partial charge in [-0.05, 0) is 61.6 Å². The zero-order valence-corrected chi connectivity index (χ0v) is 13.1. The average Bonchev–Trinajstić information content (AvgIpc) is 2.45. The number of aryl methyl sites for hydroxylation is 2. The molecule has 1 N–H and O–H groups in total. The highest BCUT2D eigenvalue weighted by Crippen LogP contribution is 2.18. The molecule has 0 aliphatic rings. The van der Waals surface area contributed by atoms with Gasteiger partial charge in [0.1, 0.15) is 5.82 Å². The lowest BCUT2D eigenvalue weighted by Crippen LogP contribution is -2.33. The normalized spacial score (nSPS) is 12.4. The lowest BCUT2D eigenvalue weighted by Gasteiger charge is -2.21. The van der Waals surface area contributed by atoms with Gasteiger partial charge in [0, 0.05) is 6.04 Å². The van der Waals surface area contributed by atoms with Crippen LogP contribution in [0.25, 0.3) is 0 Å². The molecule has 1 nitrogen and oxygen atoms in total. The molecule has 0 bridgehead atoms. The predicted octanol–water partition coefficient (Wildman–Crippen LogP) is 4.21. The number of rotatable bonds is 6. The minimum atomic E-state index is -0.109. The number of benzene rings is 2. The third-order valence-corrected chi connectivity index (χ3v) is 4.01. The first kappa shape index (κ1) is 15.7. The molecule has 2 aromatic rings. The molecule has 0 heterocycles. The third kappa shape index (κ3) is 4.15. The van der Waals surface area contributed by atoms with Gasteiger partial charge in [-0.3, -0.25) is 0 Å². The fourth-order valence-corrected chi connectivity index (χ4v) is 2.85. The molecule has 0 radical (unpaired) electrons. The van der Waals surface area contributed by atoms with E-state index in [0.29, 0.717) is 6.42 Å². The van der Waals surface area contributed by atoms with Crippen LogP contribution in [-0.4, -0.2) is 12.6 Å². The largest absolute Gasteiger partial charge is 0.314 e. The zero-order valence-electron chi connectivity index (χ0n) is 13.1. The monoisotopic (exact) mass is 285 g/mol. The molecule has 21 heavy (non-hydrogen) atoms. The number of nitrogens with one attached hydrogen (secondary N) is 1. The Morgan fingerprint density at radius 2 is 1.62 bits per heavy atom. The van der Waals surface area contributed by atoms with E-state index in [1.807, 2.05) is 12.1 Å². The Morgan fingerprint density at radius 1 is 0.952 bits per heavy atom. The minimum absolute atomic E-state index is 0.109. The van der Waals surface area contributed by atoms with E-state index in [0.717, 1.165) is 18.5 Å². The molecular weight excluding hydrogens is 261 g/mol. The van der Waals surface area contributed by atoms with E-state index in [1.54, 1.807) is 6.07 Å². The summed E-state index contributed by atoms with van der Waals surface area (Å²) in [5.74, 6) is -0.109. The maximum Gasteiger partial charge on any atom is 0.126 e. The van der Waals surface area contributed by atoms with Crippen molar-refractivity contribution in [2.45, 2.75) is 39.7 Å². The smallest absolute Gasteiger partial charge is 0.126 e. The van der Waals surface area contributed by atoms with Crippen molar-refractivity contribution in [2.24, 2.45) is 0 Å². The SMILES string of the molecule is CCNC(Cc1ccccc1F)Cc1c(C)cccc1C. The summed E-state index contributed by atoms with van der Waals surface area (Å²) >= 11 is 0. The van der Waals surface area contributed by atoms with Crippen molar-refractivity contribution in [3.05, 3.63) is 70.5 Å². The molecule has 2 aromatic carbocycles. The standard InChI is InChI=1S/C19H24FN/c1-4-21-17(12-16-10-5-6-11-19(16)20)13-18-14(2)8-7-9-15(18)3/h5-11,17,21H,4,12-13H2,1-3H3. The maximum atomic E-state index is 13.9. The second-order valence-electron chi connectivity index (χ2n) is 5.62. The number of hydrogen-bond donors (Lipinski definition) is 1. The summed E-state index contributed by atoms with van der Waals surface area (Å²) in [5.41, 5.74) is 4.78. The Bertz CT molecular complexity index is 572. The quantitative estimate of drug-likeness (QED) is 0.838. The molecule has 0 aromatic heterocycles. The molecule has 0 saturated heterocycles. The summed E-state index contributed by atoms with van der Waals surface area (Å²) in [4.78, 5) is 0. The molecule has 0 aliphatic heterocycles. The molecule has 1 unspecified atom stereocenters. The van der Waals surface area contributed by atoms with Crippen LogP contribution in [-0.2, 0) is 12.8 Å². The fourth-order valence-electron chi connectivity index (χ4n) is 2.85. The topological polar surface area (TPSA) is 12.0 Å². The second kappa shape index (κ2) is 7.37. The highest BCUT2D eigenvalue weighted by molar-refractivity contribution is 5.34. The number of hydrogen-bond acceptors (Lipinski definition) is 1. The van der Waals surface area contributed by atoms with Gasteiger partial charge in [-0.25, -0.2) is 4.39 Å². The lowest BCUT2D eigenvalue weighted by molar-refractivity contribution is 0.504. The van der Waals surface area contributed by atoms with Gasteiger partial charge in [0.15, 0.2) is 0 Å². The van der Waals surface area contributed by atoms with E-state index in [4.69, 9.17) is 0 Å². The molecule has 0 amide bonds. The molecule has 1 atom stereocenters. The Balaban J connectivity index is 2.18. The van der Waals surface area contributed by atoms with Crippen molar-refractivity contribution in [2.75, 3.05) is 6.54 Å². The molecule has 0 saturated carbocycles. The van der Waals surface area contributed by atoms with Gasteiger partial charge in [0.25, 0.3) is 0 Å². The summed E-state index contributed by atoms with van der Waals surface area (Å²) in [7, 11) is 0. The van der Waals surface area contributed by atoms with Gasteiger partial charge in [-0.1, -0.05) is 43.3 Å². The van der Waals surface area contributed by atoms with E-state index in [1.165, 1.54) is 22.8 Å². The van der Waals surface area contributed by atoms with Crippen molar-refractivity contribution in [3.8, 4) is 0 Å². The van der Waals surface area contributed by atoms with E-state index < -0.39 is 0 Å². The molecule has 112 valence electrons. The van der Waals surface area contributed by atoms with Crippen LogP contribution in [0.15, 0.2) is 42.5 Å². The van der Waals surface area contributed by atoms with E-state index >= 15 is 0 Å². The molecule has 2 rings (SSSR count). The van der Waals surface area contributed by atoms with E-state index in [-0.39, 0.29) is 11.9 Å². The highest BCUT2D eigenvalue weighted by atomic mass is 19.1. The number of halogens is 1. The molecular formula is C19H24FN. The molecule has 0 aliphatic carbocycles. The van der Waals surface area contributed by atoms with Crippen LogP contribution in [0.4, 0.5) is 4.39 Å². The van der Waals surface area contributed by atoms with Crippen LogP contribution in [0, 0.1) is 19.7 Å². The molecule has 0 spiro atoms. The molecule has 2 heteroatoms. The van der Waals surface area contributed by atoms with Crippen LogP contribution >= 0.6 is 0 Å². The maximum absolute atomic E-state index is 13.9. The van der Waals surface area contributed by atoms with Crippen LogP contribution in [0.2, 0.25) is 0 Å². The second-order valence-corrected chi connectivity index (χ2v) is 5.62. The first-order valence-corrected chi connectivity index (χ1v) is 7.63. The fraction of sp³-hybridized carbons (Fsp3) is 0.368. The van der Waals surface area contributed by atoms with E-state index in [9.17, 15) is 4.39 Å². The van der Waals surface area contributed by atoms with Gasteiger partial charge >= 0.3 is 0 Å². The third-order valence-electron chi connectivity index (χ3n) is 4.01. The van der Waals surface area contributed by atoms with Crippen LogP contribution in [0.3, 0.4) is 0 Å². The predicted molar refractivity (Wildman–Crippen MR) is 87.2 cm³/mol. The van der Waals surface area contributed by atoms with Crippen LogP contribution in [0.5, 0.6) is 0 Å². The first-order valence-electron chi connectivity index (χ1n) is 7.63. The average molecular weight is 285 g/mol. The summed E-state index contributed by atoms with van der Waals surface area (Å²) in [6.45, 7) is 7.28. The Kier molecular flexibility index (Phi) is 5.51. The Morgan fingerprint density at radius 3 is 2.24 bits per heavy atom. The highest BCUT2D eigenvalue weighted by Gasteiger charge is 2.14. The van der Waals surface area contributed by atoms with E-state index in [2.05, 4.69) is 44.3 Å². The van der Waals surface area contributed by atoms with Crippen LogP contribution in [0.1, 0.15) is 29.2 Å². The zero-order chi connectivity index (χ0) is 15.2. The van der Waals surface area contributed by atoms with Gasteiger partial charge in [-0.15, -0.1) is 0 Å². The summed E-state index contributed by atoms with van der Waals surface area (Å²) in [5, 5.41) is 3.49. The van der Waals surface area contributed by atoms with Gasteiger partial charge < -0.3 is 5.32 Å². The van der Waals surface area contributed by atoms with Crippen molar-refractivity contribution in [3.63, 3.8) is 0 Å². The summed E-state index contributed by atoms with van der Waals surface area (Å²) in [6.07, 6.45) is 1.65. The Labute approximate surface area is 127 Å². The van der Waals surface area contributed by atoms with Crippen LogP contribution < -0.4 is 5.32 Å². The summed E-state index contributed by atoms with van der Waals surface area (Å²) in [6, 6.07) is 13.7. The Hall–Kier alpha value is -1.67. The van der Waals surface area contributed by atoms with Gasteiger partial charge in [0.2, 0.25) is 0 Å². The first-order chi connectivity index (χ1) is 10.1. The van der Waals surface area contributed by atoms with Crippen molar-refractivity contribution in [1.82, 2.24) is 5.32 Å².